The summed E-state index contributed by atoms with van der Waals surface area (Å²) in [7, 11) is 3.86. The standard InChI is InChI=1S/C26H35N9O3/c1-4-35-25-21(13-29-35)24(34-15-19-9-10-20(16-34)38-19)31-23(32-25)17-5-7-18(8-6-17)30-26(37)28-14-22(36)27-11-12-33(2)3/h5-8,13,19-20H,4,9-12,14-16H2,1-3H3,(H,27,36)(H2,28,30,37). The molecule has 0 saturated carbocycles. The number of rotatable bonds is 9. The first-order valence-electron chi connectivity index (χ1n) is 13.1. The maximum Gasteiger partial charge on any atom is 0.319 e. The van der Waals surface area contributed by atoms with Crippen LogP contribution in [0.1, 0.15) is 19.8 Å². The van der Waals surface area contributed by atoms with Crippen LogP contribution in [0.25, 0.3) is 22.4 Å². The van der Waals surface area contributed by atoms with Gasteiger partial charge in [-0.05, 0) is 58.1 Å². The molecule has 2 saturated heterocycles. The second-order valence-corrected chi connectivity index (χ2v) is 9.97. The van der Waals surface area contributed by atoms with E-state index in [1.54, 1.807) is 12.1 Å². The number of carbonyl (C=O) groups is 2. The number of anilines is 2. The first kappa shape index (κ1) is 25.9. The van der Waals surface area contributed by atoms with Crippen molar-refractivity contribution in [1.82, 2.24) is 35.3 Å². The Balaban J connectivity index is 1.28. The Morgan fingerprint density at radius 1 is 1.08 bits per heavy atom. The number of amides is 3. The third kappa shape index (κ3) is 5.86. The molecule has 5 rings (SSSR count). The van der Waals surface area contributed by atoms with Crippen LogP contribution in [0.5, 0.6) is 0 Å². The number of nitrogens with zero attached hydrogens (tertiary/aromatic N) is 6. The monoisotopic (exact) mass is 521 g/mol. The van der Waals surface area contributed by atoms with Crippen LogP contribution in [-0.4, -0.2) is 95.6 Å². The molecule has 0 aliphatic carbocycles. The third-order valence-corrected chi connectivity index (χ3v) is 6.81. The van der Waals surface area contributed by atoms with Gasteiger partial charge in [-0.3, -0.25) is 4.79 Å². The molecular weight excluding hydrogens is 486 g/mol. The summed E-state index contributed by atoms with van der Waals surface area (Å²) in [4.78, 5) is 38.2. The number of likely N-dealkylation sites (N-methyl/N-ethyl adjacent to an activating group) is 1. The molecule has 3 amide bonds. The fourth-order valence-electron chi connectivity index (χ4n) is 4.85. The molecule has 0 spiro atoms. The van der Waals surface area contributed by atoms with Crippen LogP contribution in [0.3, 0.4) is 0 Å². The number of ether oxygens (including phenoxy) is 1. The van der Waals surface area contributed by atoms with E-state index in [9.17, 15) is 9.59 Å². The topological polar surface area (TPSA) is 130 Å². The Hall–Kier alpha value is -3.77. The van der Waals surface area contributed by atoms with E-state index in [4.69, 9.17) is 14.7 Å². The first-order chi connectivity index (χ1) is 18.4. The average Bonchev–Trinajstić information content (AvgIpc) is 3.48. The predicted molar refractivity (Wildman–Crippen MR) is 145 cm³/mol. The van der Waals surface area contributed by atoms with Gasteiger partial charge in [0.1, 0.15) is 5.82 Å². The quantitative estimate of drug-likeness (QED) is 0.388. The Morgan fingerprint density at radius 3 is 2.50 bits per heavy atom. The van der Waals surface area contributed by atoms with Gasteiger partial charge in [0.15, 0.2) is 11.5 Å². The van der Waals surface area contributed by atoms with Crippen molar-refractivity contribution in [3.05, 3.63) is 30.5 Å². The molecule has 2 atom stereocenters. The van der Waals surface area contributed by atoms with E-state index in [0.29, 0.717) is 24.6 Å². The Labute approximate surface area is 221 Å². The van der Waals surface area contributed by atoms with Gasteiger partial charge in [0.25, 0.3) is 0 Å². The number of aromatic nitrogens is 4. The average molecular weight is 522 g/mol. The summed E-state index contributed by atoms with van der Waals surface area (Å²) in [6, 6.07) is 6.90. The number of morpholine rings is 1. The van der Waals surface area contributed by atoms with E-state index in [1.165, 1.54) is 0 Å². The van der Waals surface area contributed by atoms with E-state index >= 15 is 0 Å². The zero-order chi connectivity index (χ0) is 26.6. The number of hydrogen-bond acceptors (Lipinski definition) is 8. The van der Waals surface area contributed by atoms with Crippen molar-refractivity contribution in [2.24, 2.45) is 0 Å². The lowest BCUT2D eigenvalue weighted by atomic mass is 10.2. The highest BCUT2D eigenvalue weighted by Crippen LogP contribution is 2.33. The van der Waals surface area contributed by atoms with Crippen LogP contribution < -0.4 is 20.9 Å². The van der Waals surface area contributed by atoms with Gasteiger partial charge in [-0.25, -0.2) is 19.4 Å². The van der Waals surface area contributed by atoms with E-state index in [0.717, 1.165) is 54.9 Å². The van der Waals surface area contributed by atoms with Gasteiger partial charge < -0.3 is 30.5 Å². The van der Waals surface area contributed by atoms with Crippen molar-refractivity contribution >= 4 is 34.5 Å². The maximum absolute atomic E-state index is 12.3. The summed E-state index contributed by atoms with van der Waals surface area (Å²) in [6.07, 6.45) is 4.50. The number of hydrogen-bond donors (Lipinski definition) is 3. The number of urea groups is 1. The molecule has 12 nitrogen and oxygen atoms in total. The van der Waals surface area contributed by atoms with Crippen molar-refractivity contribution in [3.8, 4) is 11.4 Å². The van der Waals surface area contributed by atoms with Gasteiger partial charge in [-0.15, -0.1) is 0 Å². The summed E-state index contributed by atoms with van der Waals surface area (Å²) in [6.45, 7) is 5.54. The Morgan fingerprint density at radius 2 is 1.82 bits per heavy atom. The molecule has 3 aromatic rings. The van der Waals surface area contributed by atoms with Crippen LogP contribution in [0, 0.1) is 0 Å². The lowest BCUT2D eigenvalue weighted by molar-refractivity contribution is -0.120. The van der Waals surface area contributed by atoms with Crippen LogP contribution in [0.2, 0.25) is 0 Å². The molecule has 12 heteroatoms. The lowest BCUT2D eigenvalue weighted by Crippen LogP contribution is -2.43. The van der Waals surface area contributed by atoms with E-state index in [-0.39, 0.29) is 24.7 Å². The van der Waals surface area contributed by atoms with Crippen molar-refractivity contribution in [2.45, 2.75) is 38.5 Å². The minimum absolute atomic E-state index is 0.0949. The molecule has 2 fully saturated rings. The number of carbonyl (C=O) groups excluding carboxylic acids is 2. The van der Waals surface area contributed by atoms with Gasteiger partial charge >= 0.3 is 6.03 Å². The molecule has 2 aliphatic heterocycles. The fourth-order valence-corrected chi connectivity index (χ4v) is 4.85. The van der Waals surface area contributed by atoms with Gasteiger partial charge in [0.05, 0.1) is 30.3 Å². The molecule has 3 N–H and O–H groups in total. The number of nitrogens with one attached hydrogen (secondary N) is 3. The highest BCUT2D eigenvalue weighted by atomic mass is 16.5. The molecule has 4 heterocycles. The van der Waals surface area contributed by atoms with Gasteiger partial charge in [0.2, 0.25) is 5.91 Å². The normalized spacial score (nSPS) is 18.7. The zero-order valence-corrected chi connectivity index (χ0v) is 22.1. The maximum atomic E-state index is 12.3. The van der Waals surface area contributed by atoms with Crippen molar-refractivity contribution in [2.75, 3.05) is 57.0 Å². The predicted octanol–water partition coefficient (Wildman–Crippen LogP) is 1.68. The summed E-state index contributed by atoms with van der Waals surface area (Å²) in [5.74, 6) is 1.25. The largest absolute Gasteiger partial charge is 0.371 e. The summed E-state index contributed by atoms with van der Waals surface area (Å²) >= 11 is 0. The summed E-state index contributed by atoms with van der Waals surface area (Å²) in [5.41, 5.74) is 2.24. The second kappa shape index (κ2) is 11.3. The molecule has 2 bridgehead atoms. The zero-order valence-electron chi connectivity index (χ0n) is 22.1. The number of fused-ring (bicyclic) bond motifs is 3. The lowest BCUT2D eigenvalue weighted by Gasteiger charge is -2.33. The fraction of sp³-hybridized carbons (Fsp3) is 0.500. The molecule has 2 unspecified atom stereocenters. The SMILES string of the molecule is CCn1ncc2c(N3CC4CCC(C3)O4)nc(-c3ccc(NC(=O)NCC(=O)NCCN(C)C)cc3)nc21. The van der Waals surface area contributed by atoms with E-state index in [1.807, 2.05) is 48.9 Å². The highest BCUT2D eigenvalue weighted by molar-refractivity contribution is 5.92. The van der Waals surface area contributed by atoms with Crippen LogP contribution in [0.15, 0.2) is 30.5 Å². The van der Waals surface area contributed by atoms with Crippen LogP contribution >= 0.6 is 0 Å². The summed E-state index contributed by atoms with van der Waals surface area (Å²) in [5, 5.41) is 13.6. The van der Waals surface area contributed by atoms with Crippen LogP contribution in [-0.2, 0) is 16.1 Å². The molecule has 0 radical (unpaired) electrons. The van der Waals surface area contributed by atoms with Crippen LogP contribution in [0.4, 0.5) is 16.3 Å². The molecule has 1 aromatic carbocycles. The number of benzene rings is 1. The van der Waals surface area contributed by atoms with Crippen molar-refractivity contribution < 1.29 is 14.3 Å². The van der Waals surface area contributed by atoms with Crippen molar-refractivity contribution in [3.63, 3.8) is 0 Å². The smallest absolute Gasteiger partial charge is 0.319 e. The minimum atomic E-state index is -0.450. The Kier molecular flexibility index (Phi) is 7.70. The molecule has 38 heavy (non-hydrogen) atoms. The summed E-state index contributed by atoms with van der Waals surface area (Å²) < 4.78 is 7.92. The molecule has 2 aromatic heterocycles. The molecular formula is C26H35N9O3. The van der Waals surface area contributed by atoms with Gasteiger partial charge in [-0.2, -0.15) is 5.10 Å². The second-order valence-electron chi connectivity index (χ2n) is 9.97. The van der Waals surface area contributed by atoms with Crippen molar-refractivity contribution in [1.29, 1.82) is 0 Å². The molecule has 2 aliphatic rings. The van der Waals surface area contributed by atoms with Gasteiger partial charge in [0, 0.05) is 44.0 Å². The third-order valence-electron chi connectivity index (χ3n) is 6.81. The van der Waals surface area contributed by atoms with E-state index < -0.39 is 6.03 Å². The van der Waals surface area contributed by atoms with Gasteiger partial charge in [-0.1, -0.05) is 0 Å². The number of aryl methyl sites for hydroxylation is 1. The highest BCUT2D eigenvalue weighted by Gasteiger charge is 2.35. The minimum Gasteiger partial charge on any atom is -0.371 e. The Bertz CT molecular complexity index is 1280. The molecule has 202 valence electrons. The first-order valence-corrected chi connectivity index (χ1v) is 13.1. The van der Waals surface area contributed by atoms with E-state index in [2.05, 4.69) is 25.9 Å².